The maximum absolute atomic E-state index is 13.7. The summed E-state index contributed by atoms with van der Waals surface area (Å²) in [6.07, 6.45) is 2.82. The number of fused-ring (bicyclic) bond motifs is 1. The Balaban J connectivity index is 1.39. The molecule has 222 valence electrons. The summed E-state index contributed by atoms with van der Waals surface area (Å²) in [4.78, 5) is 34.7. The van der Waals surface area contributed by atoms with E-state index in [2.05, 4.69) is 65.6 Å². The van der Waals surface area contributed by atoms with Crippen LogP contribution >= 0.6 is 0 Å². The molecular weight excluding hydrogens is 540 g/mol. The minimum Gasteiger partial charge on any atom is -0.486 e. The SMILES string of the molecule is C[C@H](CO)N1C[C@H](C)[C@@H](CN(C)Cc2ccc(-c3ccccc3)cc2)Oc2c(NC(=O)c3ccncc3)cccc2C1=O. The number of pyridine rings is 1. The van der Waals surface area contributed by atoms with Gasteiger partial charge in [-0.05, 0) is 54.9 Å². The molecule has 8 nitrogen and oxygen atoms in total. The second kappa shape index (κ2) is 13.6. The molecule has 4 aromatic rings. The lowest BCUT2D eigenvalue weighted by atomic mass is 9.98. The Morgan fingerprint density at radius 2 is 1.72 bits per heavy atom. The van der Waals surface area contributed by atoms with Crippen LogP contribution in [0.3, 0.4) is 0 Å². The molecule has 5 rings (SSSR count). The lowest BCUT2D eigenvalue weighted by molar-refractivity contribution is 0.0343. The monoisotopic (exact) mass is 578 g/mol. The van der Waals surface area contributed by atoms with E-state index < -0.39 is 0 Å². The van der Waals surface area contributed by atoms with Gasteiger partial charge in [-0.15, -0.1) is 0 Å². The summed E-state index contributed by atoms with van der Waals surface area (Å²) in [5, 5.41) is 12.9. The Morgan fingerprint density at radius 1 is 1.02 bits per heavy atom. The van der Waals surface area contributed by atoms with Crippen molar-refractivity contribution in [2.45, 2.75) is 32.5 Å². The number of aromatic nitrogens is 1. The summed E-state index contributed by atoms with van der Waals surface area (Å²) in [5.41, 5.74) is 4.75. The summed E-state index contributed by atoms with van der Waals surface area (Å²) in [6, 6.07) is 26.9. The fourth-order valence-corrected chi connectivity index (χ4v) is 5.37. The minimum atomic E-state index is -0.377. The van der Waals surface area contributed by atoms with Crippen LogP contribution in [0.2, 0.25) is 0 Å². The zero-order valence-corrected chi connectivity index (χ0v) is 24.8. The van der Waals surface area contributed by atoms with E-state index in [1.807, 2.05) is 25.1 Å². The van der Waals surface area contributed by atoms with Crippen molar-refractivity contribution in [3.05, 3.63) is 114 Å². The lowest BCUT2D eigenvalue weighted by Gasteiger charge is -2.38. The molecule has 0 saturated heterocycles. The Labute approximate surface area is 252 Å². The third-order valence-electron chi connectivity index (χ3n) is 7.89. The molecule has 8 heteroatoms. The van der Waals surface area contributed by atoms with Gasteiger partial charge in [-0.1, -0.05) is 67.6 Å². The van der Waals surface area contributed by atoms with Crippen molar-refractivity contribution in [1.82, 2.24) is 14.8 Å². The fourth-order valence-electron chi connectivity index (χ4n) is 5.37. The van der Waals surface area contributed by atoms with Crippen molar-refractivity contribution in [2.75, 3.05) is 32.1 Å². The number of rotatable bonds is 9. The second-order valence-electron chi connectivity index (χ2n) is 11.3. The number of aliphatic hydroxyl groups excluding tert-OH is 1. The molecule has 3 aromatic carbocycles. The van der Waals surface area contributed by atoms with Crippen molar-refractivity contribution >= 4 is 17.5 Å². The zero-order valence-electron chi connectivity index (χ0n) is 24.8. The smallest absolute Gasteiger partial charge is 0.258 e. The quantitative estimate of drug-likeness (QED) is 0.278. The average Bonchev–Trinajstić information content (AvgIpc) is 3.03. The van der Waals surface area contributed by atoms with Crippen molar-refractivity contribution in [3.63, 3.8) is 0 Å². The molecule has 2 amide bonds. The Hall–Kier alpha value is -4.53. The standard InChI is InChI=1S/C35H38N4O4/c1-24-20-39(25(2)23-40)35(42)30-10-7-11-31(37-34(41)29-16-18-36-19-17-29)33(30)43-32(24)22-38(3)21-26-12-14-28(15-13-26)27-8-5-4-6-9-27/h4-19,24-25,32,40H,20-23H2,1-3H3,(H,37,41)/t24-,25+,32+/m0/s1. The predicted octanol–water partition coefficient (Wildman–Crippen LogP) is 5.35. The molecule has 2 heterocycles. The van der Waals surface area contributed by atoms with Crippen LogP contribution in [0.15, 0.2) is 97.3 Å². The number of carbonyl (C=O) groups is 2. The number of benzene rings is 3. The highest BCUT2D eigenvalue weighted by molar-refractivity contribution is 6.07. The topological polar surface area (TPSA) is 95.0 Å². The Kier molecular flexibility index (Phi) is 9.49. The number of amides is 2. The van der Waals surface area contributed by atoms with Gasteiger partial charge in [0, 0.05) is 43.5 Å². The third-order valence-corrected chi connectivity index (χ3v) is 7.89. The van der Waals surface area contributed by atoms with E-state index in [-0.39, 0.29) is 36.5 Å². The van der Waals surface area contributed by atoms with Gasteiger partial charge in [0.15, 0.2) is 5.75 Å². The largest absolute Gasteiger partial charge is 0.486 e. The van der Waals surface area contributed by atoms with Crippen molar-refractivity contribution < 1.29 is 19.4 Å². The van der Waals surface area contributed by atoms with Crippen LogP contribution in [0.5, 0.6) is 5.75 Å². The number of hydrogen-bond donors (Lipinski definition) is 2. The summed E-state index contributed by atoms with van der Waals surface area (Å²) >= 11 is 0. The van der Waals surface area contributed by atoms with E-state index in [4.69, 9.17) is 4.74 Å². The molecule has 0 unspecified atom stereocenters. The number of nitrogens with zero attached hydrogens (tertiary/aromatic N) is 3. The number of nitrogens with one attached hydrogen (secondary N) is 1. The number of para-hydroxylation sites is 1. The van der Waals surface area contributed by atoms with Gasteiger partial charge in [0.05, 0.1) is 23.9 Å². The van der Waals surface area contributed by atoms with Crippen molar-refractivity contribution in [2.24, 2.45) is 5.92 Å². The Morgan fingerprint density at radius 3 is 2.42 bits per heavy atom. The van der Waals surface area contributed by atoms with Crippen molar-refractivity contribution in [1.29, 1.82) is 0 Å². The fraction of sp³-hybridized carbons (Fsp3) is 0.286. The van der Waals surface area contributed by atoms with Crippen LogP contribution < -0.4 is 10.1 Å². The summed E-state index contributed by atoms with van der Waals surface area (Å²) < 4.78 is 6.66. The number of likely N-dealkylation sites (N-methyl/N-ethyl adjacent to an activating group) is 1. The zero-order chi connectivity index (χ0) is 30.3. The van der Waals surface area contributed by atoms with E-state index in [0.29, 0.717) is 42.2 Å². The molecule has 0 fully saturated rings. The van der Waals surface area contributed by atoms with E-state index in [1.54, 1.807) is 47.6 Å². The first-order valence-electron chi connectivity index (χ1n) is 14.6. The van der Waals surface area contributed by atoms with Gasteiger partial charge in [-0.25, -0.2) is 0 Å². The molecule has 1 aliphatic rings. The van der Waals surface area contributed by atoms with E-state index in [9.17, 15) is 14.7 Å². The minimum absolute atomic E-state index is 0.0574. The highest BCUT2D eigenvalue weighted by atomic mass is 16.5. The van der Waals surface area contributed by atoms with Crippen LogP contribution in [-0.2, 0) is 6.54 Å². The van der Waals surface area contributed by atoms with Crippen LogP contribution in [-0.4, -0.2) is 70.6 Å². The molecule has 1 aliphatic heterocycles. The number of ether oxygens (including phenoxy) is 1. The average molecular weight is 579 g/mol. The van der Waals surface area contributed by atoms with Gasteiger partial charge in [0.2, 0.25) is 0 Å². The number of anilines is 1. The summed E-state index contributed by atoms with van der Waals surface area (Å²) in [7, 11) is 2.05. The van der Waals surface area contributed by atoms with Crippen molar-refractivity contribution in [3.8, 4) is 16.9 Å². The normalized spacial score (nSPS) is 17.4. The van der Waals surface area contributed by atoms with Crippen LogP contribution in [0.1, 0.15) is 40.1 Å². The van der Waals surface area contributed by atoms with Crippen LogP contribution in [0, 0.1) is 5.92 Å². The summed E-state index contributed by atoms with van der Waals surface area (Å²) in [5.74, 6) is -0.288. The third kappa shape index (κ3) is 7.10. The van der Waals surface area contributed by atoms with Crippen LogP contribution in [0.4, 0.5) is 5.69 Å². The van der Waals surface area contributed by atoms with Gasteiger partial charge < -0.3 is 20.1 Å². The molecule has 0 aliphatic carbocycles. The van der Waals surface area contributed by atoms with Gasteiger partial charge in [0.25, 0.3) is 11.8 Å². The molecule has 1 aromatic heterocycles. The maximum Gasteiger partial charge on any atom is 0.258 e. The first-order valence-corrected chi connectivity index (χ1v) is 14.6. The number of carbonyl (C=O) groups excluding carboxylic acids is 2. The first kappa shape index (κ1) is 29.9. The molecule has 43 heavy (non-hydrogen) atoms. The van der Waals surface area contributed by atoms with Crippen LogP contribution in [0.25, 0.3) is 11.1 Å². The number of hydrogen-bond acceptors (Lipinski definition) is 6. The number of aliphatic hydroxyl groups is 1. The Bertz CT molecular complexity index is 1530. The highest BCUT2D eigenvalue weighted by Crippen LogP contribution is 2.35. The van der Waals surface area contributed by atoms with E-state index >= 15 is 0 Å². The second-order valence-corrected chi connectivity index (χ2v) is 11.3. The molecule has 0 saturated carbocycles. The highest BCUT2D eigenvalue weighted by Gasteiger charge is 2.34. The van der Waals surface area contributed by atoms with Gasteiger partial charge in [0.1, 0.15) is 6.10 Å². The van der Waals surface area contributed by atoms with Gasteiger partial charge in [-0.2, -0.15) is 0 Å². The molecule has 0 bridgehead atoms. The van der Waals surface area contributed by atoms with E-state index in [1.165, 1.54) is 16.7 Å². The maximum atomic E-state index is 13.7. The van der Waals surface area contributed by atoms with E-state index in [0.717, 1.165) is 0 Å². The van der Waals surface area contributed by atoms with Gasteiger partial charge in [-0.3, -0.25) is 19.5 Å². The lowest BCUT2D eigenvalue weighted by Crippen LogP contribution is -2.49. The van der Waals surface area contributed by atoms with Gasteiger partial charge >= 0.3 is 0 Å². The molecule has 0 spiro atoms. The summed E-state index contributed by atoms with van der Waals surface area (Å²) in [6.45, 7) is 5.46. The first-order chi connectivity index (χ1) is 20.8. The molecule has 0 radical (unpaired) electrons. The molecule has 3 atom stereocenters. The molecular formula is C35H38N4O4. The predicted molar refractivity (Wildman–Crippen MR) is 168 cm³/mol. The molecule has 2 N–H and O–H groups in total.